The number of carbonyl (C=O) groups excluding carboxylic acids is 3. The van der Waals surface area contributed by atoms with Crippen molar-refractivity contribution < 1.29 is 19.5 Å². The highest BCUT2D eigenvalue weighted by atomic mass is 79.9. The molecule has 10 heteroatoms. The third kappa shape index (κ3) is 6.36. The van der Waals surface area contributed by atoms with Crippen LogP contribution in [0.3, 0.4) is 0 Å². The Hall–Kier alpha value is -2.56. The lowest BCUT2D eigenvalue weighted by Crippen LogP contribution is -2.67. The minimum atomic E-state index is -1.19. The summed E-state index contributed by atoms with van der Waals surface area (Å²) in [5.41, 5.74) is 3.61. The van der Waals surface area contributed by atoms with Crippen molar-refractivity contribution in [2.24, 2.45) is 5.92 Å². The van der Waals surface area contributed by atoms with Crippen molar-refractivity contribution in [2.75, 3.05) is 6.54 Å². The van der Waals surface area contributed by atoms with Crippen LogP contribution < -0.4 is 16.1 Å². The highest BCUT2D eigenvalue weighted by Crippen LogP contribution is 2.23. The number of nitrogens with one attached hydrogen (secondary N) is 3. The Morgan fingerprint density at radius 1 is 1.14 bits per heavy atom. The van der Waals surface area contributed by atoms with E-state index in [1.807, 2.05) is 37.3 Å². The number of halogens is 1. The largest absolute Gasteiger partial charge is 0.383 e. The van der Waals surface area contributed by atoms with Crippen LogP contribution in [0.4, 0.5) is 0 Å². The maximum absolute atomic E-state index is 13.3. The summed E-state index contributed by atoms with van der Waals surface area (Å²) in [6.07, 6.45) is -0.0311. The van der Waals surface area contributed by atoms with Crippen LogP contribution in [-0.4, -0.2) is 57.1 Å². The monoisotopic (exact) mass is 547 g/mol. The van der Waals surface area contributed by atoms with Crippen LogP contribution in [0.5, 0.6) is 0 Å². The summed E-state index contributed by atoms with van der Waals surface area (Å²) in [5.74, 6) is -1.48. The van der Waals surface area contributed by atoms with E-state index in [-0.39, 0.29) is 23.8 Å². The quantitative estimate of drug-likeness (QED) is 0.422. The van der Waals surface area contributed by atoms with Crippen molar-refractivity contribution >= 4 is 44.6 Å². The number of rotatable bonds is 7. The van der Waals surface area contributed by atoms with E-state index in [9.17, 15) is 19.5 Å². The van der Waals surface area contributed by atoms with Crippen LogP contribution in [0.2, 0.25) is 0 Å². The Morgan fingerprint density at radius 2 is 1.83 bits per heavy atom. The van der Waals surface area contributed by atoms with Crippen LogP contribution in [0.25, 0.3) is 10.9 Å². The van der Waals surface area contributed by atoms with Crippen molar-refractivity contribution in [3.05, 3.63) is 40.5 Å². The zero-order chi connectivity index (χ0) is 25.9. The van der Waals surface area contributed by atoms with Gasteiger partial charge in [-0.05, 0) is 57.7 Å². The van der Waals surface area contributed by atoms with Gasteiger partial charge in [0.1, 0.15) is 17.7 Å². The first-order valence-corrected chi connectivity index (χ1v) is 12.7. The van der Waals surface area contributed by atoms with Gasteiger partial charge in [0.15, 0.2) is 0 Å². The van der Waals surface area contributed by atoms with Gasteiger partial charge in [-0.25, -0.2) is 5.43 Å². The number of pyridine rings is 1. The molecule has 4 unspecified atom stereocenters. The lowest BCUT2D eigenvalue weighted by atomic mass is 9.92. The van der Waals surface area contributed by atoms with Crippen LogP contribution >= 0.6 is 15.9 Å². The second-order valence-corrected chi connectivity index (χ2v) is 10.6. The van der Waals surface area contributed by atoms with E-state index in [4.69, 9.17) is 0 Å². The number of hydrogen-bond acceptors (Lipinski definition) is 6. The zero-order valence-corrected chi connectivity index (χ0v) is 22.3. The summed E-state index contributed by atoms with van der Waals surface area (Å²) < 4.78 is 0.930. The molecule has 2 heterocycles. The lowest BCUT2D eigenvalue weighted by Gasteiger charge is -2.41. The first-order chi connectivity index (χ1) is 16.4. The van der Waals surface area contributed by atoms with E-state index in [0.717, 1.165) is 21.1 Å². The third-order valence-corrected chi connectivity index (χ3v) is 6.80. The van der Waals surface area contributed by atoms with Gasteiger partial charge in [-0.15, -0.1) is 0 Å². The number of fused-ring (bicyclic) bond motifs is 1. The summed E-state index contributed by atoms with van der Waals surface area (Å²) in [6, 6.07) is 8.53. The van der Waals surface area contributed by atoms with E-state index in [1.165, 1.54) is 5.01 Å². The van der Waals surface area contributed by atoms with Crippen molar-refractivity contribution in [2.45, 2.75) is 71.2 Å². The maximum atomic E-state index is 13.3. The minimum absolute atomic E-state index is 0.245. The molecule has 4 N–H and O–H groups in total. The van der Waals surface area contributed by atoms with Crippen molar-refractivity contribution in [3.8, 4) is 0 Å². The van der Waals surface area contributed by atoms with Gasteiger partial charge in [-0.2, -0.15) is 0 Å². The van der Waals surface area contributed by atoms with Crippen molar-refractivity contribution in [1.82, 2.24) is 26.1 Å². The molecule has 1 aliphatic heterocycles. The fourth-order valence-electron chi connectivity index (χ4n) is 4.00. The van der Waals surface area contributed by atoms with Gasteiger partial charge in [0.05, 0.1) is 17.3 Å². The molecule has 1 aromatic carbocycles. The number of hydrogen-bond donors (Lipinski definition) is 4. The first-order valence-electron chi connectivity index (χ1n) is 11.9. The number of benzene rings is 1. The van der Waals surface area contributed by atoms with Crippen LogP contribution in [-0.2, 0) is 14.4 Å². The second kappa shape index (κ2) is 11.0. The Balaban J connectivity index is 1.65. The molecule has 0 radical (unpaired) electrons. The number of aliphatic hydroxyl groups is 1. The molecule has 0 saturated carbocycles. The Kier molecular flexibility index (Phi) is 8.50. The van der Waals surface area contributed by atoms with Crippen molar-refractivity contribution in [3.63, 3.8) is 0 Å². The standard InChI is InChI=1S/C25H34BrN5O4/c1-14(2)21(32)22(33)27-16(4)23(34)31-12-6-11-25(5,30-31)24(35)28-15(3)19-10-8-17-7-9-18(26)13-20(17)29-19/h7-10,13-16,21,30,32H,6,11-12H2,1-5H3,(H,27,33)(H,28,35). The Labute approximate surface area is 214 Å². The molecule has 1 aliphatic rings. The lowest BCUT2D eigenvalue weighted by molar-refractivity contribution is -0.147. The molecule has 0 bridgehead atoms. The van der Waals surface area contributed by atoms with Gasteiger partial charge in [0.2, 0.25) is 11.8 Å². The number of hydrazine groups is 1. The zero-order valence-electron chi connectivity index (χ0n) is 20.8. The SMILES string of the molecule is CC(NC(=O)C(O)C(C)C)C(=O)N1CCCC(C)(C(=O)NC(C)c2ccc3ccc(Br)cc3n2)N1. The highest BCUT2D eigenvalue weighted by molar-refractivity contribution is 9.10. The first kappa shape index (κ1) is 27.0. The summed E-state index contributed by atoms with van der Waals surface area (Å²) in [7, 11) is 0. The summed E-state index contributed by atoms with van der Waals surface area (Å²) in [4.78, 5) is 43.0. The van der Waals surface area contributed by atoms with Gasteiger partial charge in [-0.1, -0.05) is 41.9 Å². The van der Waals surface area contributed by atoms with Gasteiger partial charge in [0.25, 0.3) is 5.91 Å². The number of carbonyl (C=O) groups is 3. The van der Waals surface area contributed by atoms with E-state index < -0.39 is 23.6 Å². The second-order valence-electron chi connectivity index (χ2n) is 9.72. The number of nitrogens with zero attached hydrogens (tertiary/aromatic N) is 2. The molecule has 2 aromatic rings. The average molecular weight is 548 g/mol. The normalized spacial score (nSPS) is 20.9. The average Bonchev–Trinajstić information content (AvgIpc) is 2.82. The van der Waals surface area contributed by atoms with E-state index in [0.29, 0.717) is 19.4 Å². The third-order valence-electron chi connectivity index (χ3n) is 6.30. The van der Waals surface area contributed by atoms with Gasteiger partial charge >= 0.3 is 0 Å². The summed E-state index contributed by atoms with van der Waals surface area (Å²) >= 11 is 3.46. The molecule has 1 aromatic heterocycles. The molecule has 4 atom stereocenters. The van der Waals surface area contributed by atoms with E-state index in [2.05, 4.69) is 37.0 Å². The highest BCUT2D eigenvalue weighted by Gasteiger charge is 2.40. The predicted molar refractivity (Wildman–Crippen MR) is 137 cm³/mol. The molecule has 9 nitrogen and oxygen atoms in total. The molecule has 0 spiro atoms. The molecular weight excluding hydrogens is 514 g/mol. The molecule has 1 fully saturated rings. The van der Waals surface area contributed by atoms with Crippen LogP contribution in [0, 0.1) is 5.92 Å². The summed E-state index contributed by atoms with van der Waals surface area (Å²) in [6.45, 7) is 9.04. The van der Waals surface area contributed by atoms with Gasteiger partial charge in [0, 0.05) is 16.4 Å². The van der Waals surface area contributed by atoms with Crippen LogP contribution in [0.1, 0.15) is 59.2 Å². The Bertz CT molecular complexity index is 1110. The molecule has 1 saturated heterocycles. The fourth-order valence-corrected chi connectivity index (χ4v) is 4.35. The van der Waals surface area contributed by atoms with Crippen LogP contribution in [0.15, 0.2) is 34.8 Å². The molecule has 35 heavy (non-hydrogen) atoms. The number of aromatic nitrogens is 1. The molecule has 3 amide bonds. The molecule has 3 rings (SSSR count). The number of aliphatic hydroxyl groups excluding tert-OH is 1. The smallest absolute Gasteiger partial charge is 0.258 e. The Morgan fingerprint density at radius 3 is 2.51 bits per heavy atom. The van der Waals surface area contributed by atoms with E-state index >= 15 is 0 Å². The van der Waals surface area contributed by atoms with Crippen molar-refractivity contribution in [1.29, 1.82) is 0 Å². The predicted octanol–water partition coefficient (Wildman–Crippen LogP) is 2.58. The molecule has 190 valence electrons. The summed E-state index contributed by atoms with van der Waals surface area (Å²) in [5, 5.41) is 17.9. The topological polar surface area (TPSA) is 124 Å². The minimum Gasteiger partial charge on any atom is -0.383 e. The fraction of sp³-hybridized carbons (Fsp3) is 0.520. The number of amides is 3. The van der Waals surface area contributed by atoms with E-state index in [1.54, 1.807) is 27.7 Å². The maximum Gasteiger partial charge on any atom is 0.258 e. The molecule has 0 aliphatic carbocycles. The van der Waals surface area contributed by atoms with Gasteiger partial charge < -0.3 is 15.7 Å². The van der Waals surface area contributed by atoms with Gasteiger partial charge in [-0.3, -0.25) is 24.4 Å². The molecular formula is C25H34BrN5O4.